The van der Waals surface area contributed by atoms with Gasteiger partial charge in [0.25, 0.3) is 0 Å². The molecule has 0 saturated heterocycles. The van der Waals surface area contributed by atoms with Crippen LogP contribution in [0.25, 0.3) is 0 Å². The van der Waals surface area contributed by atoms with E-state index in [0.717, 1.165) is 11.8 Å². The van der Waals surface area contributed by atoms with E-state index in [0.29, 0.717) is 14.9 Å². The number of nitrogens with zero attached hydrogens (tertiary/aromatic N) is 3. The Morgan fingerprint density at radius 1 is 1.25 bits per heavy atom. The first-order valence-corrected chi connectivity index (χ1v) is 7.15. The van der Waals surface area contributed by atoms with Crippen LogP contribution in [0, 0.1) is 17.0 Å². The van der Waals surface area contributed by atoms with E-state index >= 15 is 0 Å². The second kappa shape index (κ2) is 6.13. The molecule has 0 spiro atoms. The van der Waals surface area contributed by atoms with Crippen LogP contribution in [0.15, 0.2) is 28.1 Å². The molecule has 5 nitrogen and oxygen atoms in total. The van der Waals surface area contributed by atoms with Crippen molar-refractivity contribution in [1.82, 2.24) is 9.97 Å². The molecule has 0 bridgehead atoms. The Kier molecular flexibility index (Phi) is 4.70. The molecule has 0 saturated carbocycles. The van der Waals surface area contributed by atoms with Gasteiger partial charge in [0.1, 0.15) is 5.69 Å². The van der Waals surface area contributed by atoms with Crippen LogP contribution in [-0.2, 0) is 0 Å². The van der Waals surface area contributed by atoms with Gasteiger partial charge >= 0.3 is 5.69 Å². The number of aromatic nitrogens is 2. The average Bonchev–Trinajstić information content (AvgIpc) is 2.32. The molecule has 104 valence electrons. The van der Waals surface area contributed by atoms with Crippen LogP contribution in [-0.4, -0.2) is 14.9 Å². The van der Waals surface area contributed by atoms with Crippen LogP contribution in [0.4, 0.5) is 5.69 Å². The fourth-order valence-corrected chi connectivity index (χ4v) is 3.19. The van der Waals surface area contributed by atoms with E-state index in [2.05, 4.69) is 9.97 Å². The highest BCUT2D eigenvalue weighted by Crippen LogP contribution is 2.39. The van der Waals surface area contributed by atoms with Gasteiger partial charge in [-0.3, -0.25) is 10.1 Å². The SMILES string of the molecule is Cc1nc(Cl)nc(Sc2cc(Cl)ccc2Cl)c1[N+](=O)[O-]. The molecule has 1 aromatic heterocycles. The molecule has 1 heterocycles. The topological polar surface area (TPSA) is 68.9 Å². The van der Waals surface area contributed by atoms with E-state index in [4.69, 9.17) is 34.8 Å². The van der Waals surface area contributed by atoms with E-state index in [1.54, 1.807) is 18.2 Å². The Balaban J connectivity index is 2.53. The van der Waals surface area contributed by atoms with Gasteiger partial charge in [-0.15, -0.1) is 0 Å². The number of rotatable bonds is 3. The molecule has 1 aromatic carbocycles. The van der Waals surface area contributed by atoms with Crippen LogP contribution >= 0.6 is 46.6 Å². The fourth-order valence-electron chi connectivity index (χ4n) is 1.45. The highest BCUT2D eigenvalue weighted by molar-refractivity contribution is 7.99. The molecule has 2 rings (SSSR count). The minimum Gasteiger partial charge on any atom is -0.258 e. The molecule has 9 heteroatoms. The highest BCUT2D eigenvalue weighted by Gasteiger charge is 2.23. The van der Waals surface area contributed by atoms with Crippen molar-refractivity contribution in [2.75, 3.05) is 0 Å². The van der Waals surface area contributed by atoms with Crippen molar-refractivity contribution in [2.24, 2.45) is 0 Å². The van der Waals surface area contributed by atoms with Crippen LogP contribution < -0.4 is 0 Å². The lowest BCUT2D eigenvalue weighted by molar-refractivity contribution is -0.389. The smallest absolute Gasteiger partial charge is 0.258 e. The van der Waals surface area contributed by atoms with Gasteiger partial charge in [-0.1, -0.05) is 35.0 Å². The average molecular weight is 351 g/mol. The summed E-state index contributed by atoms with van der Waals surface area (Å²) in [7, 11) is 0. The summed E-state index contributed by atoms with van der Waals surface area (Å²) in [6.07, 6.45) is 0. The van der Waals surface area contributed by atoms with E-state index in [9.17, 15) is 10.1 Å². The van der Waals surface area contributed by atoms with Crippen molar-refractivity contribution in [3.05, 3.63) is 49.3 Å². The summed E-state index contributed by atoms with van der Waals surface area (Å²) < 4.78 is 0. The van der Waals surface area contributed by atoms with E-state index in [1.165, 1.54) is 6.92 Å². The zero-order valence-electron chi connectivity index (χ0n) is 9.93. The molecule has 0 fully saturated rings. The Morgan fingerprint density at radius 3 is 2.60 bits per heavy atom. The molecule has 0 aliphatic rings. The number of benzene rings is 1. The summed E-state index contributed by atoms with van der Waals surface area (Å²) in [5.41, 5.74) is -0.00825. The lowest BCUT2D eigenvalue weighted by Crippen LogP contribution is -2.00. The van der Waals surface area contributed by atoms with Crippen LogP contribution in [0.5, 0.6) is 0 Å². The standard InChI is InChI=1S/C11H6Cl3N3O2S/c1-5-9(17(18)19)10(16-11(14)15-5)20-8-4-6(12)2-3-7(8)13/h2-4H,1H3. The van der Waals surface area contributed by atoms with E-state index in [-0.39, 0.29) is 21.7 Å². The first-order chi connectivity index (χ1) is 9.38. The van der Waals surface area contributed by atoms with Crippen molar-refractivity contribution in [2.45, 2.75) is 16.8 Å². The van der Waals surface area contributed by atoms with Gasteiger partial charge in [0.05, 0.1) is 9.95 Å². The van der Waals surface area contributed by atoms with Gasteiger partial charge < -0.3 is 0 Å². The molecule has 0 aliphatic carbocycles. The Labute approximate surface area is 133 Å². The maximum Gasteiger partial charge on any atom is 0.322 e. The van der Waals surface area contributed by atoms with Crippen molar-refractivity contribution in [3.8, 4) is 0 Å². The maximum absolute atomic E-state index is 11.1. The van der Waals surface area contributed by atoms with Crippen molar-refractivity contribution in [3.63, 3.8) is 0 Å². The molecule has 0 aliphatic heterocycles. The third kappa shape index (κ3) is 3.32. The highest BCUT2D eigenvalue weighted by atomic mass is 35.5. The number of hydrogen-bond acceptors (Lipinski definition) is 5. The number of halogens is 3. The number of nitro groups is 1. The van der Waals surface area contributed by atoms with E-state index < -0.39 is 4.92 Å². The van der Waals surface area contributed by atoms with Crippen molar-refractivity contribution in [1.29, 1.82) is 0 Å². The molecule has 0 atom stereocenters. The quantitative estimate of drug-likeness (QED) is 0.344. The second-order valence-corrected chi connectivity index (χ2v) is 5.88. The van der Waals surface area contributed by atoms with Crippen LogP contribution in [0.2, 0.25) is 15.3 Å². The lowest BCUT2D eigenvalue weighted by atomic mass is 10.4. The summed E-state index contributed by atoms with van der Waals surface area (Å²) in [5, 5.41) is 12.1. The monoisotopic (exact) mass is 349 g/mol. The first kappa shape index (κ1) is 15.3. The Hall–Kier alpha value is -1.08. The Bertz CT molecular complexity index is 697. The van der Waals surface area contributed by atoms with Gasteiger partial charge in [0, 0.05) is 9.92 Å². The molecular weight excluding hydrogens is 345 g/mol. The molecule has 0 N–H and O–H groups in total. The predicted octanol–water partition coefficient (Wildman–Crippen LogP) is 4.80. The molecule has 0 unspecified atom stereocenters. The minimum absolute atomic E-state index is 0.0613. The van der Waals surface area contributed by atoms with Gasteiger partial charge in [-0.2, -0.15) is 0 Å². The summed E-state index contributed by atoms with van der Waals surface area (Å²) in [4.78, 5) is 18.8. The molecule has 0 amide bonds. The zero-order chi connectivity index (χ0) is 14.9. The van der Waals surface area contributed by atoms with Crippen LogP contribution in [0.3, 0.4) is 0 Å². The summed E-state index contributed by atoms with van der Waals surface area (Å²) >= 11 is 18.7. The van der Waals surface area contributed by atoms with Gasteiger partial charge in [-0.25, -0.2) is 9.97 Å². The molecule has 2 aromatic rings. The van der Waals surface area contributed by atoms with Gasteiger partial charge in [0.15, 0.2) is 5.03 Å². The largest absolute Gasteiger partial charge is 0.322 e. The summed E-state index contributed by atoms with van der Waals surface area (Å²) in [6.45, 7) is 1.50. The second-order valence-electron chi connectivity index (χ2n) is 3.67. The maximum atomic E-state index is 11.1. The summed E-state index contributed by atoms with van der Waals surface area (Å²) in [6, 6.07) is 4.83. The van der Waals surface area contributed by atoms with Gasteiger partial charge in [-0.05, 0) is 36.7 Å². The lowest BCUT2D eigenvalue weighted by Gasteiger charge is -2.06. The first-order valence-electron chi connectivity index (χ1n) is 5.20. The zero-order valence-corrected chi connectivity index (χ0v) is 13.0. The molecule has 20 heavy (non-hydrogen) atoms. The third-order valence-electron chi connectivity index (χ3n) is 2.28. The predicted molar refractivity (Wildman–Crippen MR) is 79.0 cm³/mol. The normalized spacial score (nSPS) is 10.6. The molecular formula is C11H6Cl3N3O2S. The number of hydrogen-bond donors (Lipinski definition) is 0. The van der Waals surface area contributed by atoms with Crippen LogP contribution in [0.1, 0.15) is 5.69 Å². The third-order valence-corrected chi connectivity index (χ3v) is 4.16. The fraction of sp³-hybridized carbons (Fsp3) is 0.0909. The Morgan fingerprint density at radius 2 is 1.95 bits per heavy atom. The van der Waals surface area contributed by atoms with Gasteiger partial charge in [0.2, 0.25) is 5.28 Å². The molecule has 0 radical (unpaired) electrons. The minimum atomic E-state index is -0.549. The van der Waals surface area contributed by atoms with E-state index in [1.807, 2.05) is 0 Å². The van der Waals surface area contributed by atoms with Crippen molar-refractivity contribution < 1.29 is 4.92 Å². The number of aryl methyl sites for hydroxylation is 1. The summed E-state index contributed by atoms with van der Waals surface area (Å²) in [5.74, 6) is 0. The van der Waals surface area contributed by atoms with Crippen molar-refractivity contribution >= 4 is 52.3 Å².